The van der Waals surface area contributed by atoms with Crippen molar-refractivity contribution in [1.29, 1.82) is 0 Å². The van der Waals surface area contributed by atoms with Crippen LogP contribution in [0, 0.1) is 23.2 Å². The summed E-state index contributed by atoms with van der Waals surface area (Å²) >= 11 is 0. The summed E-state index contributed by atoms with van der Waals surface area (Å²) in [4.78, 5) is 14.3. The van der Waals surface area contributed by atoms with Gasteiger partial charge in [0.05, 0.1) is 0 Å². The number of carbonyl (C=O) groups is 1. The van der Waals surface area contributed by atoms with E-state index in [4.69, 9.17) is 0 Å². The number of likely N-dealkylation sites (tertiary alicyclic amines) is 1. The lowest BCUT2D eigenvalue weighted by Crippen LogP contribution is -2.33. The number of hydrogen-bond acceptors (Lipinski definition) is 2. The highest BCUT2D eigenvalue weighted by atomic mass is 16.2. The molecular formula is C12H20N2O. The van der Waals surface area contributed by atoms with Gasteiger partial charge in [-0.05, 0) is 23.7 Å². The van der Waals surface area contributed by atoms with Gasteiger partial charge >= 0.3 is 0 Å². The fraction of sp³-hybridized carbons (Fsp3) is 0.917. The molecule has 0 radical (unpaired) electrons. The van der Waals surface area contributed by atoms with Crippen LogP contribution < -0.4 is 5.32 Å². The van der Waals surface area contributed by atoms with Crippen LogP contribution in [0.1, 0.15) is 20.3 Å². The minimum Gasteiger partial charge on any atom is -0.342 e. The molecule has 3 heteroatoms. The molecule has 3 unspecified atom stereocenters. The Balaban J connectivity index is 1.63. The Labute approximate surface area is 91.2 Å². The van der Waals surface area contributed by atoms with Gasteiger partial charge in [0, 0.05) is 32.1 Å². The number of fused-ring (bicyclic) bond motifs is 1. The molecule has 1 amide bonds. The first-order valence-corrected chi connectivity index (χ1v) is 6.07. The summed E-state index contributed by atoms with van der Waals surface area (Å²) in [5.74, 6) is 2.21. The lowest BCUT2D eigenvalue weighted by atomic mass is 10.0. The summed E-state index contributed by atoms with van der Waals surface area (Å²) in [6, 6.07) is 0. The van der Waals surface area contributed by atoms with Gasteiger partial charge in [-0.2, -0.15) is 0 Å². The molecule has 1 aliphatic carbocycles. The van der Waals surface area contributed by atoms with Gasteiger partial charge in [-0.1, -0.05) is 13.8 Å². The second-order valence-corrected chi connectivity index (χ2v) is 6.17. The van der Waals surface area contributed by atoms with E-state index in [9.17, 15) is 4.79 Å². The van der Waals surface area contributed by atoms with Crippen molar-refractivity contribution in [2.75, 3.05) is 26.2 Å². The maximum absolute atomic E-state index is 12.2. The Bertz CT molecular complexity index is 288. The second-order valence-electron chi connectivity index (χ2n) is 6.17. The third-order valence-corrected chi connectivity index (χ3v) is 4.51. The van der Waals surface area contributed by atoms with Crippen LogP contribution in [0.5, 0.6) is 0 Å². The predicted octanol–water partition coefficient (Wildman–Crippen LogP) is 0.710. The van der Waals surface area contributed by atoms with Crippen LogP contribution in [0.15, 0.2) is 0 Å². The number of hydrogen-bond donors (Lipinski definition) is 1. The van der Waals surface area contributed by atoms with Crippen molar-refractivity contribution in [1.82, 2.24) is 10.2 Å². The van der Waals surface area contributed by atoms with E-state index in [1.54, 1.807) is 0 Å². The molecule has 84 valence electrons. The minimum atomic E-state index is 0.285. The molecular weight excluding hydrogens is 188 g/mol. The first kappa shape index (κ1) is 9.64. The lowest BCUT2D eigenvalue weighted by Gasteiger charge is -2.18. The van der Waals surface area contributed by atoms with Crippen LogP contribution in [-0.4, -0.2) is 37.0 Å². The Hall–Kier alpha value is -0.570. The summed E-state index contributed by atoms with van der Waals surface area (Å²) in [5, 5.41) is 3.41. The van der Waals surface area contributed by atoms with Crippen LogP contribution in [0.4, 0.5) is 0 Å². The van der Waals surface area contributed by atoms with Crippen molar-refractivity contribution in [2.24, 2.45) is 23.2 Å². The molecule has 0 aromatic rings. The van der Waals surface area contributed by atoms with Gasteiger partial charge in [0.2, 0.25) is 5.91 Å². The Morgan fingerprint density at radius 1 is 1.27 bits per heavy atom. The largest absolute Gasteiger partial charge is 0.342 e. The molecule has 2 saturated heterocycles. The quantitative estimate of drug-likeness (QED) is 0.688. The molecule has 3 atom stereocenters. The molecule has 1 N–H and O–H groups in total. The number of nitrogens with zero attached hydrogens (tertiary/aromatic N) is 1. The average Bonchev–Trinajstić information content (AvgIpc) is 2.55. The first-order chi connectivity index (χ1) is 7.08. The van der Waals surface area contributed by atoms with Crippen molar-refractivity contribution >= 4 is 5.91 Å². The predicted molar refractivity (Wildman–Crippen MR) is 58.3 cm³/mol. The van der Waals surface area contributed by atoms with E-state index in [0.29, 0.717) is 11.8 Å². The van der Waals surface area contributed by atoms with Crippen LogP contribution in [-0.2, 0) is 4.79 Å². The molecule has 1 saturated carbocycles. The third kappa shape index (κ3) is 1.48. The van der Waals surface area contributed by atoms with Gasteiger partial charge in [-0.3, -0.25) is 4.79 Å². The van der Waals surface area contributed by atoms with Crippen LogP contribution >= 0.6 is 0 Å². The van der Waals surface area contributed by atoms with E-state index >= 15 is 0 Å². The van der Waals surface area contributed by atoms with Gasteiger partial charge in [0.25, 0.3) is 0 Å². The van der Waals surface area contributed by atoms with Crippen molar-refractivity contribution in [3.8, 4) is 0 Å². The van der Waals surface area contributed by atoms with Crippen molar-refractivity contribution in [3.63, 3.8) is 0 Å². The zero-order chi connectivity index (χ0) is 10.6. The van der Waals surface area contributed by atoms with E-state index in [0.717, 1.165) is 44.4 Å². The fourth-order valence-corrected chi connectivity index (χ4v) is 3.14. The summed E-state index contributed by atoms with van der Waals surface area (Å²) in [6.07, 6.45) is 1.09. The normalized spacial score (nSPS) is 41.7. The van der Waals surface area contributed by atoms with Crippen molar-refractivity contribution in [3.05, 3.63) is 0 Å². The summed E-state index contributed by atoms with van der Waals surface area (Å²) in [5.41, 5.74) is 0.285. The summed E-state index contributed by atoms with van der Waals surface area (Å²) in [7, 11) is 0. The molecule has 3 rings (SSSR count). The minimum absolute atomic E-state index is 0.285. The van der Waals surface area contributed by atoms with E-state index in [2.05, 4.69) is 24.1 Å². The van der Waals surface area contributed by atoms with Crippen molar-refractivity contribution in [2.45, 2.75) is 20.3 Å². The number of nitrogens with one attached hydrogen (secondary N) is 1. The molecule has 15 heavy (non-hydrogen) atoms. The molecule has 0 bridgehead atoms. The standard InChI is InChI=1S/C12H20N2O/c1-12(2)3-10(12)11(15)14-6-8-4-13-5-9(8)7-14/h8-10,13H,3-7H2,1-2H3. The SMILES string of the molecule is CC1(C)CC1C(=O)N1CC2CNCC2C1. The topological polar surface area (TPSA) is 32.3 Å². The molecule has 0 aromatic carbocycles. The number of carbonyl (C=O) groups excluding carboxylic acids is 1. The summed E-state index contributed by atoms with van der Waals surface area (Å²) in [6.45, 7) is 8.64. The van der Waals surface area contributed by atoms with E-state index in [1.807, 2.05) is 0 Å². The van der Waals surface area contributed by atoms with E-state index in [-0.39, 0.29) is 5.41 Å². The molecule has 3 aliphatic rings. The van der Waals surface area contributed by atoms with Gasteiger partial charge in [-0.15, -0.1) is 0 Å². The summed E-state index contributed by atoms with van der Waals surface area (Å²) < 4.78 is 0. The van der Waals surface area contributed by atoms with Crippen molar-refractivity contribution < 1.29 is 4.79 Å². The zero-order valence-corrected chi connectivity index (χ0v) is 9.62. The highest BCUT2D eigenvalue weighted by Crippen LogP contribution is 2.52. The molecule has 0 spiro atoms. The highest BCUT2D eigenvalue weighted by Gasteiger charge is 2.53. The van der Waals surface area contributed by atoms with Gasteiger partial charge < -0.3 is 10.2 Å². The highest BCUT2D eigenvalue weighted by molar-refractivity contribution is 5.82. The zero-order valence-electron chi connectivity index (χ0n) is 9.62. The van der Waals surface area contributed by atoms with E-state index < -0.39 is 0 Å². The third-order valence-electron chi connectivity index (χ3n) is 4.51. The average molecular weight is 208 g/mol. The fourth-order valence-electron chi connectivity index (χ4n) is 3.14. The number of amides is 1. The maximum Gasteiger partial charge on any atom is 0.226 e. The first-order valence-electron chi connectivity index (χ1n) is 6.07. The molecule has 0 aromatic heterocycles. The Kier molecular flexibility index (Phi) is 1.91. The van der Waals surface area contributed by atoms with Gasteiger partial charge in [0.15, 0.2) is 0 Å². The Morgan fingerprint density at radius 2 is 1.80 bits per heavy atom. The van der Waals surface area contributed by atoms with Gasteiger partial charge in [-0.25, -0.2) is 0 Å². The van der Waals surface area contributed by atoms with Crippen LogP contribution in [0.3, 0.4) is 0 Å². The number of rotatable bonds is 1. The van der Waals surface area contributed by atoms with Gasteiger partial charge in [0.1, 0.15) is 0 Å². The molecule has 3 nitrogen and oxygen atoms in total. The lowest BCUT2D eigenvalue weighted by molar-refractivity contribution is -0.132. The molecule has 2 aliphatic heterocycles. The van der Waals surface area contributed by atoms with Crippen LogP contribution in [0.25, 0.3) is 0 Å². The maximum atomic E-state index is 12.2. The van der Waals surface area contributed by atoms with Crippen LogP contribution in [0.2, 0.25) is 0 Å². The second kappa shape index (κ2) is 2.97. The monoisotopic (exact) mass is 208 g/mol. The smallest absolute Gasteiger partial charge is 0.226 e. The van der Waals surface area contributed by atoms with E-state index in [1.165, 1.54) is 0 Å². The molecule has 2 heterocycles. The molecule has 3 fully saturated rings. The Morgan fingerprint density at radius 3 is 2.27 bits per heavy atom.